The van der Waals surface area contributed by atoms with Crippen molar-refractivity contribution in [3.05, 3.63) is 30.2 Å². The van der Waals surface area contributed by atoms with Crippen LogP contribution >= 0.6 is 0 Å². The van der Waals surface area contributed by atoms with E-state index in [1.54, 1.807) is 30.7 Å². The Balaban J connectivity index is 2.90. The van der Waals surface area contributed by atoms with Gasteiger partial charge in [0.15, 0.2) is 0 Å². The molecule has 4 heteroatoms. The summed E-state index contributed by atoms with van der Waals surface area (Å²) in [4.78, 5) is 0. The lowest BCUT2D eigenvalue weighted by molar-refractivity contribution is 0.638. The van der Waals surface area contributed by atoms with Crippen LogP contribution in [0.2, 0.25) is 0 Å². The molecule has 1 aromatic heterocycles. The number of hydrogen-bond donors (Lipinski definition) is 1. The first-order valence-corrected chi connectivity index (χ1v) is 3.68. The first kappa shape index (κ1) is 7.22. The van der Waals surface area contributed by atoms with Gasteiger partial charge in [0.25, 0.3) is 0 Å². The Morgan fingerprint density at radius 3 is 2.92 bits per heavy atom. The van der Waals surface area contributed by atoms with Gasteiger partial charge in [-0.05, 0) is 18.2 Å². The normalized spacial score (nSPS) is 10.8. The number of fused-ring (bicyclic) bond motifs is 1. The van der Waals surface area contributed by atoms with Crippen molar-refractivity contribution < 1.29 is 4.39 Å². The minimum atomic E-state index is -0.201. The summed E-state index contributed by atoms with van der Waals surface area (Å²) in [6.07, 6.45) is 1.45. The van der Waals surface area contributed by atoms with Gasteiger partial charge in [0.1, 0.15) is 5.82 Å². The summed E-state index contributed by atoms with van der Waals surface area (Å²) in [6.45, 7) is 0. The summed E-state index contributed by atoms with van der Waals surface area (Å²) in [6, 6.07) is 5.16. The number of aromatic nitrogens is 1. The summed E-state index contributed by atoms with van der Waals surface area (Å²) in [5.74, 6) is -0.201. The monoisotopic (exact) mass is 162 g/mol. The maximum absolute atomic E-state index is 13.1. The summed E-state index contributed by atoms with van der Waals surface area (Å²) in [5, 5.41) is 0.617. The zero-order valence-electron chi connectivity index (χ0n) is 6.71. The Kier molecular flexibility index (Phi) is 1.36. The molecule has 1 heterocycles. The van der Waals surface area contributed by atoms with Gasteiger partial charge in [-0.1, -0.05) is 0 Å². The van der Waals surface area contributed by atoms with Crippen LogP contribution in [-0.4, -0.2) is 12.5 Å². The number of nitrogens with zero attached hydrogens (tertiary/aromatic N) is 1. The topological polar surface area (TPSA) is 30.9 Å². The molecule has 0 atom stereocenters. The molecule has 0 amide bonds. The van der Waals surface area contributed by atoms with Crippen LogP contribution in [0.3, 0.4) is 0 Å². The molecule has 0 radical (unpaired) electrons. The largest absolute Gasteiger partial charge is 0.399 e. The zero-order chi connectivity index (χ0) is 8.72. The van der Waals surface area contributed by atoms with E-state index in [0.717, 1.165) is 5.52 Å². The number of rotatable bonds is 0. The molecule has 0 saturated carbocycles. The molecular formula is C8H8BFN2. The van der Waals surface area contributed by atoms with E-state index in [4.69, 9.17) is 5.73 Å². The maximum Gasteiger partial charge on any atom is 0.223 e. The van der Waals surface area contributed by atoms with Crippen LogP contribution in [0.15, 0.2) is 24.4 Å². The highest BCUT2D eigenvalue weighted by atomic mass is 19.1. The van der Waals surface area contributed by atoms with Crippen LogP contribution < -0.4 is 5.73 Å². The van der Waals surface area contributed by atoms with Crippen LogP contribution in [0.25, 0.3) is 10.9 Å². The predicted octanol–water partition coefficient (Wildman–Crippen LogP) is 0.759. The van der Waals surface area contributed by atoms with Gasteiger partial charge in [0.05, 0.1) is 0 Å². The lowest BCUT2D eigenvalue weighted by Gasteiger charge is -1.96. The molecule has 12 heavy (non-hydrogen) atoms. The summed E-state index contributed by atoms with van der Waals surface area (Å²) in [7, 11) is 1.80. The quantitative estimate of drug-likeness (QED) is 0.449. The van der Waals surface area contributed by atoms with Crippen molar-refractivity contribution in [1.29, 1.82) is 0 Å². The fourth-order valence-corrected chi connectivity index (χ4v) is 1.35. The van der Waals surface area contributed by atoms with Gasteiger partial charge in [0, 0.05) is 22.8 Å². The van der Waals surface area contributed by atoms with E-state index in [9.17, 15) is 4.39 Å². The second-order valence-corrected chi connectivity index (χ2v) is 2.86. The van der Waals surface area contributed by atoms with Crippen molar-refractivity contribution in [2.75, 3.05) is 5.73 Å². The number of nitrogen functional groups attached to an aromatic ring is 1. The SMILES string of the molecule is Bn1cc(F)c2ccc(N)cc21. The molecule has 0 saturated heterocycles. The number of benzene rings is 1. The van der Waals surface area contributed by atoms with E-state index in [1.165, 1.54) is 6.20 Å². The number of hydrogen-bond acceptors (Lipinski definition) is 1. The first-order valence-electron chi connectivity index (χ1n) is 3.68. The highest BCUT2D eigenvalue weighted by Gasteiger charge is 2.04. The molecule has 0 aliphatic heterocycles. The maximum atomic E-state index is 13.1. The highest BCUT2D eigenvalue weighted by molar-refractivity contribution is 6.11. The molecule has 2 aromatic rings. The van der Waals surface area contributed by atoms with Crippen molar-refractivity contribution in [3.8, 4) is 0 Å². The van der Waals surface area contributed by atoms with Crippen LogP contribution in [0.5, 0.6) is 0 Å². The lowest BCUT2D eigenvalue weighted by Crippen LogP contribution is -1.89. The smallest absolute Gasteiger partial charge is 0.223 e. The molecular weight excluding hydrogens is 154 g/mol. The minimum absolute atomic E-state index is 0.201. The average molecular weight is 162 g/mol. The van der Waals surface area contributed by atoms with Crippen LogP contribution in [0.1, 0.15) is 0 Å². The van der Waals surface area contributed by atoms with E-state index >= 15 is 0 Å². The lowest BCUT2D eigenvalue weighted by atomic mass is 10.2. The van der Waals surface area contributed by atoms with E-state index in [1.807, 2.05) is 0 Å². The molecule has 0 aliphatic rings. The third kappa shape index (κ3) is 0.880. The molecule has 2 N–H and O–H groups in total. The van der Waals surface area contributed by atoms with Crippen LogP contribution in [0.4, 0.5) is 10.1 Å². The van der Waals surface area contributed by atoms with E-state index < -0.39 is 0 Å². The fraction of sp³-hybridized carbons (Fsp3) is 0. The molecule has 1 aromatic carbocycles. The van der Waals surface area contributed by atoms with Gasteiger partial charge in [0.2, 0.25) is 7.98 Å². The summed E-state index contributed by atoms with van der Waals surface area (Å²) in [5.41, 5.74) is 7.05. The van der Waals surface area contributed by atoms with E-state index in [-0.39, 0.29) is 5.82 Å². The standard InChI is InChI=1S/C8H8BFN2/c9-12-4-7(10)6-2-1-5(11)3-8(6)12/h1-4H,9,11H2. The summed E-state index contributed by atoms with van der Waals surface area (Å²) < 4.78 is 14.8. The van der Waals surface area contributed by atoms with Gasteiger partial charge in [-0.15, -0.1) is 0 Å². The van der Waals surface area contributed by atoms with Crippen molar-refractivity contribution in [2.45, 2.75) is 0 Å². The van der Waals surface area contributed by atoms with E-state index in [2.05, 4.69) is 0 Å². The van der Waals surface area contributed by atoms with Crippen molar-refractivity contribution in [1.82, 2.24) is 4.48 Å². The van der Waals surface area contributed by atoms with Gasteiger partial charge in [-0.2, -0.15) is 0 Å². The Morgan fingerprint density at radius 2 is 2.17 bits per heavy atom. The van der Waals surface area contributed by atoms with E-state index in [0.29, 0.717) is 11.1 Å². The minimum Gasteiger partial charge on any atom is -0.399 e. The van der Waals surface area contributed by atoms with Gasteiger partial charge >= 0.3 is 0 Å². The van der Waals surface area contributed by atoms with Gasteiger partial charge in [-0.25, -0.2) is 4.39 Å². The second-order valence-electron chi connectivity index (χ2n) is 2.86. The Bertz CT molecular complexity index is 436. The van der Waals surface area contributed by atoms with Crippen LogP contribution in [0, 0.1) is 5.82 Å². The molecule has 0 spiro atoms. The van der Waals surface area contributed by atoms with Crippen molar-refractivity contribution in [2.24, 2.45) is 0 Å². The molecule has 0 fully saturated rings. The number of nitrogens with two attached hydrogens (primary N) is 1. The molecule has 2 nitrogen and oxygen atoms in total. The van der Waals surface area contributed by atoms with Gasteiger partial charge < -0.3 is 10.2 Å². The Morgan fingerprint density at radius 1 is 1.42 bits per heavy atom. The number of halogens is 1. The van der Waals surface area contributed by atoms with Gasteiger partial charge in [-0.3, -0.25) is 0 Å². The zero-order valence-corrected chi connectivity index (χ0v) is 6.71. The highest BCUT2D eigenvalue weighted by Crippen LogP contribution is 2.20. The number of anilines is 1. The fourth-order valence-electron chi connectivity index (χ4n) is 1.35. The third-order valence-corrected chi connectivity index (χ3v) is 1.97. The predicted molar refractivity (Wildman–Crippen MR) is 50.3 cm³/mol. The first-order chi connectivity index (χ1) is 5.68. The van der Waals surface area contributed by atoms with Crippen LogP contribution in [-0.2, 0) is 0 Å². The van der Waals surface area contributed by atoms with Crippen molar-refractivity contribution in [3.63, 3.8) is 0 Å². The molecule has 0 bridgehead atoms. The Hall–Kier alpha value is -1.45. The third-order valence-electron chi connectivity index (χ3n) is 1.97. The molecule has 2 rings (SSSR count). The Labute approximate surface area is 70.2 Å². The second kappa shape index (κ2) is 2.27. The summed E-state index contributed by atoms with van der Waals surface area (Å²) >= 11 is 0. The molecule has 0 aliphatic carbocycles. The average Bonchev–Trinajstić information content (AvgIpc) is 2.28. The molecule has 0 unspecified atom stereocenters. The van der Waals surface area contributed by atoms with Crippen molar-refractivity contribution >= 4 is 24.6 Å². The molecule has 60 valence electrons.